The topological polar surface area (TPSA) is 18.5 Å². The lowest BCUT2D eigenvalue weighted by molar-refractivity contribution is 0.243. The quantitative estimate of drug-likeness (QED) is 0.807. The average molecular weight is 241 g/mol. The van der Waals surface area contributed by atoms with Crippen molar-refractivity contribution >= 4 is 0 Å². The molecule has 2 rings (SSSR count). The summed E-state index contributed by atoms with van der Waals surface area (Å²) in [7, 11) is 1.67. The van der Waals surface area contributed by atoms with Crippen LogP contribution in [0.3, 0.4) is 0 Å². The van der Waals surface area contributed by atoms with Gasteiger partial charge in [-0.15, -0.1) is 0 Å². The monoisotopic (exact) mass is 241 g/mol. The lowest BCUT2D eigenvalue weighted by atomic mass is 10.0. The third-order valence-electron chi connectivity index (χ3n) is 2.56. The third-order valence-corrected chi connectivity index (χ3v) is 2.56. The first kappa shape index (κ1) is 12.5. The van der Waals surface area contributed by atoms with Crippen LogP contribution in [0.2, 0.25) is 0 Å². The molecule has 2 aromatic rings. The number of para-hydroxylation sites is 1. The first-order valence-corrected chi connectivity index (χ1v) is 6.03. The van der Waals surface area contributed by atoms with Gasteiger partial charge in [-0.1, -0.05) is 30.3 Å². The highest BCUT2D eigenvalue weighted by Crippen LogP contribution is 2.35. The Morgan fingerprint density at radius 1 is 1.00 bits per heavy atom. The molecule has 0 spiro atoms. The zero-order valence-electron chi connectivity index (χ0n) is 10.9. The highest BCUT2D eigenvalue weighted by atomic mass is 16.5. The van der Waals surface area contributed by atoms with E-state index >= 15 is 0 Å². The van der Waals surface area contributed by atoms with E-state index in [1.807, 2.05) is 56.3 Å². The fourth-order valence-corrected chi connectivity index (χ4v) is 1.83. The average Bonchev–Trinajstić information content (AvgIpc) is 2.39. The summed E-state index contributed by atoms with van der Waals surface area (Å²) in [4.78, 5) is 0. The molecule has 0 fully saturated rings. The van der Waals surface area contributed by atoms with Crippen molar-refractivity contribution in [3.05, 3.63) is 48.5 Å². The van der Waals surface area contributed by atoms with E-state index in [9.17, 15) is 0 Å². The van der Waals surface area contributed by atoms with E-state index in [0.29, 0.717) is 0 Å². The third kappa shape index (κ3) is 2.65. The molecule has 0 amide bonds. The van der Waals surface area contributed by atoms with Gasteiger partial charge in [0.25, 0.3) is 0 Å². The van der Waals surface area contributed by atoms with Crippen LogP contribution in [0, 0.1) is 6.07 Å². The summed E-state index contributed by atoms with van der Waals surface area (Å²) in [5.74, 6) is 1.66. The standard InChI is InChI=1S/C16H17O2/c1-12(2)18-16-11-7-5-9-14(16)13-8-4-6-10-15(13)17-3/h4-7,9-12H,1-3H3. The minimum atomic E-state index is 0.140. The van der Waals surface area contributed by atoms with Crippen LogP contribution in [-0.2, 0) is 0 Å². The van der Waals surface area contributed by atoms with Crippen molar-refractivity contribution in [3.63, 3.8) is 0 Å². The molecule has 0 unspecified atom stereocenters. The molecule has 2 aromatic carbocycles. The summed E-state index contributed by atoms with van der Waals surface area (Å²) in [6, 6.07) is 16.9. The van der Waals surface area contributed by atoms with Crippen LogP contribution >= 0.6 is 0 Å². The number of ether oxygens (including phenoxy) is 2. The maximum atomic E-state index is 5.82. The van der Waals surface area contributed by atoms with E-state index in [4.69, 9.17) is 9.47 Å². The minimum Gasteiger partial charge on any atom is -0.496 e. The predicted molar refractivity (Wildman–Crippen MR) is 73.0 cm³/mol. The van der Waals surface area contributed by atoms with Gasteiger partial charge in [0.2, 0.25) is 0 Å². The fraction of sp³-hybridized carbons (Fsp3) is 0.250. The maximum absolute atomic E-state index is 5.82. The molecule has 0 saturated carbocycles. The predicted octanol–water partition coefficient (Wildman–Crippen LogP) is 3.95. The van der Waals surface area contributed by atoms with Crippen molar-refractivity contribution in [1.82, 2.24) is 0 Å². The summed E-state index contributed by atoms with van der Waals surface area (Å²) in [6.07, 6.45) is 0.140. The smallest absolute Gasteiger partial charge is 0.127 e. The highest BCUT2D eigenvalue weighted by Gasteiger charge is 2.11. The Hall–Kier alpha value is -1.96. The van der Waals surface area contributed by atoms with Gasteiger partial charge in [-0.3, -0.25) is 0 Å². The van der Waals surface area contributed by atoms with Crippen molar-refractivity contribution in [2.24, 2.45) is 0 Å². The Labute approximate surface area is 108 Å². The normalized spacial score (nSPS) is 10.4. The molecule has 93 valence electrons. The van der Waals surface area contributed by atoms with E-state index < -0.39 is 0 Å². The Morgan fingerprint density at radius 2 is 1.72 bits per heavy atom. The molecule has 0 aliphatic carbocycles. The number of benzene rings is 2. The van der Waals surface area contributed by atoms with Gasteiger partial charge in [0.1, 0.15) is 11.5 Å². The van der Waals surface area contributed by atoms with Gasteiger partial charge in [-0.2, -0.15) is 0 Å². The van der Waals surface area contributed by atoms with Crippen LogP contribution in [0.25, 0.3) is 11.1 Å². The van der Waals surface area contributed by atoms with Gasteiger partial charge in [-0.25, -0.2) is 0 Å². The number of rotatable bonds is 4. The summed E-state index contributed by atoms with van der Waals surface area (Å²) >= 11 is 0. The van der Waals surface area contributed by atoms with Crippen molar-refractivity contribution in [1.29, 1.82) is 0 Å². The zero-order valence-corrected chi connectivity index (χ0v) is 10.9. The minimum absolute atomic E-state index is 0.140. The molecule has 0 aliphatic heterocycles. The first-order valence-electron chi connectivity index (χ1n) is 6.03. The van der Waals surface area contributed by atoms with Crippen molar-refractivity contribution in [2.45, 2.75) is 20.0 Å². The first-order chi connectivity index (χ1) is 8.72. The summed E-state index contributed by atoms with van der Waals surface area (Å²) in [5.41, 5.74) is 1.93. The van der Waals surface area contributed by atoms with Gasteiger partial charge < -0.3 is 9.47 Å². The molecule has 2 nitrogen and oxygen atoms in total. The SMILES string of the molecule is COc1ccc[c]c1-c1ccccc1OC(C)C. The van der Waals surface area contributed by atoms with Gasteiger partial charge in [0.05, 0.1) is 13.2 Å². The van der Waals surface area contributed by atoms with Crippen LogP contribution in [0.4, 0.5) is 0 Å². The van der Waals surface area contributed by atoms with E-state index in [1.165, 1.54) is 0 Å². The molecular weight excluding hydrogens is 224 g/mol. The van der Waals surface area contributed by atoms with Gasteiger partial charge >= 0.3 is 0 Å². The Balaban J connectivity index is 2.49. The molecule has 2 heteroatoms. The van der Waals surface area contributed by atoms with Crippen LogP contribution in [-0.4, -0.2) is 13.2 Å². The molecular formula is C16H17O2. The molecule has 0 heterocycles. The van der Waals surface area contributed by atoms with Crippen LogP contribution in [0.15, 0.2) is 42.5 Å². The van der Waals surface area contributed by atoms with Crippen molar-refractivity contribution < 1.29 is 9.47 Å². The molecule has 1 radical (unpaired) electrons. The van der Waals surface area contributed by atoms with Gasteiger partial charge in [0.15, 0.2) is 0 Å². The Morgan fingerprint density at radius 3 is 2.44 bits per heavy atom. The van der Waals surface area contributed by atoms with Gasteiger partial charge in [-0.05, 0) is 32.0 Å². The lowest BCUT2D eigenvalue weighted by Gasteiger charge is -2.15. The largest absolute Gasteiger partial charge is 0.496 e. The Kier molecular flexibility index (Phi) is 3.88. The molecule has 0 atom stereocenters. The van der Waals surface area contributed by atoms with Crippen LogP contribution in [0.1, 0.15) is 13.8 Å². The number of hydrogen-bond donors (Lipinski definition) is 0. The van der Waals surface area contributed by atoms with E-state index in [0.717, 1.165) is 22.6 Å². The second kappa shape index (κ2) is 5.58. The molecule has 0 bridgehead atoms. The van der Waals surface area contributed by atoms with Crippen molar-refractivity contribution in [2.75, 3.05) is 7.11 Å². The zero-order chi connectivity index (χ0) is 13.0. The molecule has 18 heavy (non-hydrogen) atoms. The number of methoxy groups -OCH3 is 1. The van der Waals surface area contributed by atoms with Crippen molar-refractivity contribution in [3.8, 4) is 22.6 Å². The number of hydrogen-bond acceptors (Lipinski definition) is 2. The Bertz CT molecular complexity index is 518. The second-order valence-electron chi connectivity index (χ2n) is 4.28. The lowest BCUT2D eigenvalue weighted by Crippen LogP contribution is -2.06. The second-order valence-corrected chi connectivity index (χ2v) is 4.28. The molecule has 0 aromatic heterocycles. The van der Waals surface area contributed by atoms with Gasteiger partial charge in [0, 0.05) is 11.1 Å². The highest BCUT2D eigenvalue weighted by molar-refractivity contribution is 5.75. The molecule has 0 saturated heterocycles. The van der Waals surface area contributed by atoms with E-state index in [2.05, 4.69) is 6.07 Å². The summed E-state index contributed by atoms with van der Waals surface area (Å²) in [5, 5.41) is 0. The fourth-order valence-electron chi connectivity index (χ4n) is 1.83. The molecule has 0 aliphatic rings. The van der Waals surface area contributed by atoms with Crippen LogP contribution in [0.5, 0.6) is 11.5 Å². The molecule has 0 N–H and O–H groups in total. The van der Waals surface area contributed by atoms with E-state index in [-0.39, 0.29) is 6.10 Å². The van der Waals surface area contributed by atoms with Crippen LogP contribution < -0.4 is 9.47 Å². The maximum Gasteiger partial charge on any atom is 0.127 e. The van der Waals surface area contributed by atoms with E-state index in [1.54, 1.807) is 7.11 Å². The summed E-state index contributed by atoms with van der Waals surface area (Å²) in [6.45, 7) is 4.03. The summed E-state index contributed by atoms with van der Waals surface area (Å²) < 4.78 is 11.2.